The largest absolute Gasteiger partial charge is 0.404 e. The highest BCUT2D eigenvalue weighted by Crippen LogP contribution is 2.17. The van der Waals surface area contributed by atoms with Gasteiger partial charge in [-0.2, -0.15) is 4.98 Å². The first-order valence-corrected chi connectivity index (χ1v) is 6.22. The SMILES string of the molecule is Cc1nc2ccc(OC(=O)c3ccccc3)nc2n1C. The summed E-state index contributed by atoms with van der Waals surface area (Å²) in [6.07, 6.45) is 0. The molecule has 0 atom stereocenters. The van der Waals surface area contributed by atoms with Gasteiger partial charge in [-0.1, -0.05) is 18.2 Å². The minimum absolute atomic E-state index is 0.273. The minimum atomic E-state index is -0.420. The molecule has 0 spiro atoms. The topological polar surface area (TPSA) is 57.0 Å². The molecule has 1 aromatic carbocycles. The molecule has 0 unspecified atom stereocenters. The van der Waals surface area contributed by atoms with E-state index in [0.29, 0.717) is 11.2 Å². The van der Waals surface area contributed by atoms with Crippen molar-refractivity contribution in [2.45, 2.75) is 6.92 Å². The van der Waals surface area contributed by atoms with E-state index in [4.69, 9.17) is 4.74 Å². The monoisotopic (exact) mass is 267 g/mol. The van der Waals surface area contributed by atoms with Gasteiger partial charge in [-0.05, 0) is 25.1 Å². The summed E-state index contributed by atoms with van der Waals surface area (Å²) in [6, 6.07) is 12.3. The molecule has 0 radical (unpaired) electrons. The van der Waals surface area contributed by atoms with E-state index in [9.17, 15) is 4.79 Å². The van der Waals surface area contributed by atoms with Crippen LogP contribution in [-0.2, 0) is 7.05 Å². The predicted molar refractivity (Wildman–Crippen MR) is 74.6 cm³/mol. The van der Waals surface area contributed by atoms with Crippen LogP contribution in [0.1, 0.15) is 16.2 Å². The number of ether oxygens (including phenoxy) is 1. The first-order chi connectivity index (χ1) is 9.65. The summed E-state index contributed by atoms with van der Waals surface area (Å²) < 4.78 is 7.14. The standard InChI is InChI=1S/C15H13N3O2/c1-10-16-12-8-9-13(17-14(12)18(10)2)20-15(19)11-6-4-3-5-7-11/h3-9H,1-2H3. The van der Waals surface area contributed by atoms with Crippen LogP contribution in [0, 0.1) is 6.92 Å². The molecule has 0 N–H and O–H groups in total. The minimum Gasteiger partial charge on any atom is -0.404 e. The van der Waals surface area contributed by atoms with Gasteiger partial charge in [0.1, 0.15) is 11.3 Å². The second-order valence-corrected chi connectivity index (χ2v) is 4.47. The molecular weight excluding hydrogens is 254 g/mol. The molecule has 0 fully saturated rings. The van der Waals surface area contributed by atoms with Crippen molar-refractivity contribution in [3.63, 3.8) is 0 Å². The molecule has 3 rings (SSSR count). The van der Waals surface area contributed by atoms with Crippen LogP contribution in [0.15, 0.2) is 42.5 Å². The maximum absolute atomic E-state index is 12.0. The lowest BCUT2D eigenvalue weighted by Crippen LogP contribution is -2.09. The molecule has 20 heavy (non-hydrogen) atoms. The molecule has 0 saturated carbocycles. The van der Waals surface area contributed by atoms with E-state index in [1.807, 2.05) is 24.6 Å². The van der Waals surface area contributed by atoms with Crippen LogP contribution in [0.25, 0.3) is 11.2 Å². The number of hydrogen-bond acceptors (Lipinski definition) is 4. The van der Waals surface area contributed by atoms with Gasteiger partial charge < -0.3 is 9.30 Å². The van der Waals surface area contributed by atoms with Crippen LogP contribution in [0.2, 0.25) is 0 Å². The number of nitrogens with zero attached hydrogens (tertiary/aromatic N) is 3. The molecule has 0 amide bonds. The van der Waals surface area contributed by atoms with Crippen LogP contribution in [-0.4, -0.2) is 20.5 Å². The first kappa shape index (κ1) is 12.3. The fraction of sp³-hybridized carbons (Fsp3) is 0.133. The first-order valence-electron chi connectivity index (χ1n) is 6.22. The third kappa shape index (κ3) is 2.14. The average molecular weight is 267 g/mol. The summed E-state index contributed by atoms with van der Waals surface area (Å²) in [7, 11) is 1.88. The van der Waals surface area contributed by atoms with Crippen LogP contribution in [0.4, 0.5) is 0 Å². The van der Waals surface area contributed by atoms with Crippen molar-refractivity contribution in [1.29, 1.82) is 0 Å². The summed E-state index contributed by atoms with van der Waals surface area (Å²) in [5.41, 5.74) is 1.97. The Morgan fingerprint density at radius 2 is 1.85 bits per heavy atom. The van der Waals surface area contributed by atoms with Crippen LogP contribution >= 0.6 is 0 Å². The molecule has 5 nitrogen and oxygen atoms in total. The fourth-order valence-corrected chi connectivity index (χ4v) is 1.95. The zero-order valence-electron chi connectivity index (χ0n) is 11.2. The van der Waals surface area contributed by atoms with E-state index in [0.717, 1.165) is 11.3 Å². The number of aromatic nitrogens is 3. The Hall–Kier alpha value is -2.69. The van der Waals surface area contributed by atoms with Gasteiger partial charge in [0.25, 0.3) is 0 Å². The van der Waals surface area contributed by atoms with E-state index in [1.165, 1.54) is 0 Å². The number of carbonyl (C=O) groups excluding carboxylic acids is 1. The van der Waals surface area contributed by atoms with Gasteiger partial charge in [-0.3, -0.25) is 0 Å². The molecule has 0 aliphatic carbocycles. The van der Waals surface area contributed by atoms with Crippen molar-refractivity contribution in [3.05, 3.63) is 53.9 Å². The Balaban J connectivity index is 1.91. The molecule has 0 bridgehead atoms. The summed E-state index contributed by atoms with van der Waals surface area (Å²) >= 11 is 0. The van der Waals surface area contributed by atoms with Crippen molar-refractivity contribution < 1.29 is 9.53 Å². The molecule has 0 saturated heterocycles. The second kappa shape index (κ2) is 4.77. The number of aryl methyl sites for hydroxylation is 2. The molecule has 2 aromatic heterocycles. The number of imidazole rings is 1. The molecule has 3 aromatic rings. The van der Waals surface area contributed by atoms with Crippen molar-refractivity contribution in [2.24, 2.45) is 7.05 Å². The maximum atomic E-state index is 12.0. The van der Waals surface area contributed by atoms with Gasteiger partial charge in [-0.25, -0.2) is 9.78 Å². The average Bonchev–Trinajstić information content (AvgIpc) is 2.75. The van der Waals surface area contributed by atoms with Crippen LogP contribution in [0.3, 0.4) is 0 Å². The van der Waals surface area contributed by atoms with Crippen LogP contribution < -0.4 is 4.74 Å². The van der Waals surface area contributed by atoms with Gasteiger partial charge in [-0.15, -0.1) is 0 Å². The molecule has 5 heteroatoms. The lowest BCUT2D eigenvalue weighted by Gasteiger charge is -2.03. The number of hydrogen-bond donors (Lipinski definition) is 0. The summed E-state index contributed by atoms with van der Waals surface area (Å²) in [5.74, 6) is 0.713. The molecule has 100 valence electrons. The zero-order chi connectivity index (χ0) is 14.1. The van der Waals surface area contributed by atoms with E-state index in [2.05, 4.69) is 9.97 Å². The Kier molecular flexibility index (Phi) is 2.95. The third-order valence-electron chi connectivity index (χ3n) is 3.12. The summed E-state index contributed by atoms with van der Waals surface area (Å²) in [4.78, 5) is 20.6. The van der Waals surface area contributed by atoms with E-state index in [-0.39, 0.29) is 5.88 Å². The number of benzene rings is 1. The Morgan fingerprint density at radius 1 is 1.10 bits per heavy atom. The number of pyridine rings is 1. The fourth-order valence-electron chi connectivity index (χ4n) is 1.95. The summed E-state index contributed by atoms with van der Waals surface area (Å²) in [5, 5.41) is 0. The van der Waals surface area contributed by atoms with Gasteiger partial charge in [0.15, 0.2) is 5.65 Å². The quantitative estimate of drug-likeness (QED) is 0.669. The van der Waals surface area contributed by atoms with Gasteiger partial charge in [0.05, 0.1) is 5.56 Å². The zero-order valence-corrected chi connectivity index (χ0v) is 11.2. The van der Waals surface area contributed by atoms with Crippen molar-refractivity contribution in [2.75, 3.05) is 0 Å². The van der Waals surface area contributed by atoms with Gasteiger partial charge >= 0.3 is 5.97 Å². The lowest BCUT2D eigenvalue weighted by molar-refractivity contribution is 0.0728. The van der Waals surface area contributed by atoms with Gasteiger partial charge in [0.2, 0.25) is 5.88 Å². The van der Waals surface area contributed by atoms with E-state index >= 15 is 0 Å². The highest BCUT2D eigenvalue weighted by molar-refractivity contribution is 5.91. The summed E-state index contributed by atoms with van der Waals surface area (Å²) in [6.45, 7) is 1.90. The van der Waals surface area contributed by atoms with Gasteiger partial charge in [0, 0.05) is 13.1 Å². The number of carbonyl (C=O) groups is 1. The van der Waals surface area contributed by atoms with E-state index < -0.39 is 5.97 Å². The number of fused-ring (bicyclic) bond motifs is 1. The maximum Gasteiger partial charge on any atom is 0.344 e. The predicted octanol–water partition coefficient (Wildman–Crippen LogP) is 2.50. The van der Waals surface area contributed by atoms with Crippen molar-refractivity contribution in [3.8, 4) is 5.88 Å². The number of rotatable bonds is 2. The normalized spacial score (nSPS) is 10.7. The van der Waals surface area contributed by atoms with Crippen molar-refractivity contribution in [1.82, 2.24) is 14.5 Å². The van der Waals surface area contributed by atoms with Crippen LogP contribution in [0.5, 0.6) is 5.88 Å². The highest BCUT2D eigenvalue weighted by Gasteiger charge is 2.11. The molecular formula is C15H13N3O2. The smallest absolute Gasteiger partial charge is 0.344 e. The Morgan fingerprint density at radius 3 is 2.60 bits per heavy atom. The third-order valence-corrected chi connectivity index (χ3v) is 3.12. The van der Waals surface area contributed by atoms with Crippen molar-refractivity contribution >= 4 is 17.1 Å². The molecule has 0 aliphatic heterocycles. The Labute approximate surface area is 115 Å². The number of esters is 1. The Bertz CT molecular complexity index is 778. The van der Waals surface area contributed by atoms with E-state index in [1.54, 1.807) is 36.4 Å². The second-order valence-electron chi connectivity index (χ2n) is 4.47. The highest BCUT2D eigenvalue weighted by atomic mass is 16.5. The molecule has 0 aliphatic rings. The lowest BCUT2D eigenvalue weighted by atomic mass is 10.2. The molecule has 2 heterocycles.